The van der Waals surface area contributed by atoms with Crippen LogP contribution in [0.1, 0.15) is 30.5 Å². The summed E-state index contributed by atoms with van der Waals surface area (Å²) in [5, 5.41) is 14.4. The number of amides is 2. The van der Waals surface area contributed by atoms with Gasteiger partial charge in [-0.1, -0.05) is 32.0 Å². The van der Waals surface area contributed by atoms with E-state index in [0.717, 1.165) is 24.1 Å². The summed E-state index contributed by atoms with van der Waals surface area (Å²) >= 11 is 0. The smallest absolute Gasteiger partial charge is 0.319 e. The lowest BCUT2D eigenvalue weighted by Gasteiger charge is -2.11. The molecule has 2 aromatic rings. The van der Waals surface area contributed by atoms with Crippen LogP contribution >= 0.6 is 0 Å². The number of nitrogens with one attached hydrogen (secondary N) is 2. The maximum Gasteiger partial charge on any atom is 0.319 e. The normalized spacial score (nSPS) is 11.2. The molecule has 0 heterocycles. The lowest BCUT2D eigenvalue weighted by atomic mass is 10.0. The van der Waals surface area contributed by atoms with Gasteiger partial charge in [0.25, 0.3) is 0 Å². The fourth-order valence-electron chi connectivity index (χ4n) is 2.79. The van der Waals surface area contributed by atoms with E-state index in [1.165, 1.54) is 23.3 Å². The van der Waals surface area contributed by atoms with E-state index >= 15 is 0 Å². The van der Waals surface area contributed by atoms with Crippen molar-refractivity contribution >= 4 is 21.6 Å². The molecule has 0 saturated heterocycles. The molecular weight excluding hydrogens is 364 g/mol. The van der Waals surface area contributed by atoms with E-state index in [0.29, 0.717) is 0 Å². The van der Waals surface area contributed by atoms with Crippen molar-refractivity contribution in [3.05, 3.63) is 59.2 Å². The number of anilines is 1. The molecule has 0 bridgehead atoms. The maximum atomic E-state index is 12.1. The van der Waals surface area contributed by atoms with Crippen molar-refractivity contribution in [2.75, 3.05) is 17.7 Å². The summed E-state index contributed by atoms with van der Waals surface area (Å²) < 4.78 is 23.7. The SMILES string of the molecule is CCc1ccc(NC(=O)NCc2ccc(S(=O)(=O)CCO)cc2)cc1CC. The molecule has 2 aromatic carbocycles. The molecule has 6 nitrogen and oxygen atoms in total. The molecule has 146 valence electrons. The Bertz CT molecular complexity index is 877. The van der Waals surface area contributed by atoms with Crippen LogP contribution in [0.25, 0.3) is 0 Å². The lowest BCUT2D eigenvalue weighted by molar-refractivity contribution is 0.251. The topological polar surface area (TPSA) is 95.5 Å². The molecule has 0 fully saturated rings. The molecule has 0 aromatic heterocycles. The molecule has 2 rings (SSSR count). The summed E-state index contributed by atoms with van der Waals surface area (Å²) in [5.41, 5.74) is 4.02. The molecular formula is C20H26N2O4S. The zero-order valence-electron chi connectivity index (χ0n) is 15.7. The van der Waals surface area contributed by atoms with E-state index in [1.54, 1.807) is 12.1 Å². The second-order valence-electron chi connectivity index (χ2n) is 6.18. The third-order valence-electron chi connectivity index (χ3n) is 4.32. The van der Waals surface area contributed by atoms with Crippen molar-refractivity contribution < 1.29 is 18.3 Å². The van der Waals surface area contributed by atoms with Crippen molar-refractivity contribution in [1.82, 2.24) is 5.32 Å². The number of aliphatic hydroxyl groups excluding tert-OH is 1. The van der Waals surface area contributed by atoms with Crippen LogP contribution in [-0.2, 0) is 29.2 Å². The summed E-state index contributed by atoms with van der Waals surface area (Å²) in [5.74, 6) is -0.302. The first-order valence-electron chi connectivity index (χ1n) is 8.98. The Morgan fingerprint density at radius 2 is 1.67 bits per heavy atom. The summed E-state index contributed by atoms with van der Waals surface area (Å²) in [6, 6.07) is 11.8. The summed E-state index contributed by atoms with van der Waals surface area (Å²) in [6.07, 6.45) is 1.87. The summed E-state index contributed by atoms with van der Waals surface area (Å²) in [4.78, 5) is 12.3. The van der Waals surface area contributed by atoms with Gasteiger partial charge in [-0.25, -0.2) is 13.2 Å². The Balaban J connectivity index is 1.94. The molecule has 0 unspecified atom stereocenters. The molecule has 27 heavy (non-hydrogen) atoms. The predicted molar refractivity (Wildman–Crippen MR) is 107 cm³/mol. The van der Waals surface area contributed by atoms with Gasteiger partial charge in [0.15, 0.2) is 9.84 Å². The summed E-state index contributed by atoms with van der Waals surface area (Å²) in [6.45, 7) is 4.06. The Morgan fingerprint density at radius 3 is 2.26 bits per heavy atom. The monoisotopic (exact) mass is 390 g/mol. The Kier molecular flexibility index (Phi) is 7.38. The molecule has 0 aliphatic carbocycles. The van der Waals surface area contributed by atoms with Crippen LogP contribution in [0.5, 0.6) is 0 Å². The van der Waals surface area contributed by atoms with Crippen molar-refractivity contribution in [2.45, 2.75) is 38.1 Å². The minimum Gasteiger partial charge on any atom is -0.395 e. The van der Waals surface area contributed by atoms with Crippen molar-refractivity contribution in [3.63, 3.8) is 0 Å². The van der Waals surface area contributed by atoms with Crippen LogP contribution in [0.3, 0.4) is 0 Å². The average Bonchev–Trinajstić information content (AvgIpc) is 2.66. The number of benzene rings is 2. The zero-order chi connectivity index (χ0) is 19.9. The maximum absolute atomic E-state index is 12.1. The van der Waals surface area contributed by atoms with Gasteiger partial charge < -0.3 is 15.7 Å². The van der Waals surface area contributed by atoms with Crippen molar-refractivity contribution in [3.8, 4) is 0 Å². The van der Waals surface area contributed by atoms with Crippen LogP contribution in [0.2, 0.25) is 0 Å². The Morgan fingerprint density at radius 1 is 1.00 bits per heavy atom. The molecule has 0 radical (unpaired) electrons. The number of sulfone groups is 1. The number of aryl methyl sites for hydroxylation is 2. The van der Waals surface area contributed by atoms with E-state index in [9.17, 15) is 13.2 Å². The van der Waals surface area contributed by atoms with Crippen LogP contribution < -0.4 is 10.6 Å². The van der Waals surface area contributed by atoms with E-state index in [2.05, 4.69) is 24.5 Å². The number of hydrogen-bond acceptors (Lipinski definition) is 4. The first-order chi connectivity index (χ1) is 12.9. The molecule has 0 atom stereocenters. The van der Waals surface area contributed by atoms with E-state index in [4.69, 9.17) is 5.11 Å². The first-order valence-corrected chi connectivity index (χ1v) is 10.6. The fourth-order valence-corrected chi connectivity index (χ4v) is 3.81. The summed E-state index contributed by atoms with van der Waals surface area (Å²) in [7, 11) is -3.46. The largest absolute Gasteiger partial charge is 0.395 e. The van der Waals surface area contributed by atoms with Crippen molar-refractivity contribution in [2.24, 2.45) is 0 Å². The van der Waals surface area contributed by atoms with E-state index < -0.39 is 16.4 Å². The second-order valence-corrected chi connectivity index (χ2v) is 8.29. The van der Waals surface area contributed by atoms with Gasteiger partial charge in [-0.2, -0.15) is 0 Å². The van der Waals surface area contributed by atoms with Gasteiger partial charge in [0.1, 0.15) is 0 Å². The lowest BCUT2D eigenvalue weighted by Crippen LogP contribution is -2.28. The zero-order valence-corrected chi connectivity index (χ0v) is 16.5. The van der Waals surface area contributed by atoms with Gasteiger partial charge in [-0.15, -0.1) is 0 Å². The number of hydrogen-bond donors (Lipinski definition) is 3. The predicted octanol–water partition coefficient (Wildman–Crippen LogP) is 2.90. The number of carbonyl (C=O) groups is 1. The first kappa shape index (κ1) is 20.9. The Labute approximate surface area is 160 Å². The third-order valence-corrected chi connectivity index (χ3v) is 6.03. The van der Waals surface area contributed by atoms with Crippen LogP contribution in [0.15, 0.2) is 47.4 Å². The number of aliphatic hydroxyl groups is 1. The standard InChI is InChI=1S/C20H26N2O4S/c1-3-16-7-8-18(13-17(16)4-2)22-20(24)21-14-15-5-9-19(10-6-15)27(25,26)12-11-23/h5-10,13,23H,3-4,11-12,14H2,1-2H3,(H2,21,22,24). The second kappa shape index (κ2) is 9.53. The quantitative estimate of drug-likeness (QED) is 0.646. The molecule has 7 heteroatoms. The number of urea groups is 1. The fraction of sp³-hybridized carbons (Fsp3) is 0.350. The minimum absolute atomic E-state index is 0.160. The highest BCUT2D eigenvalue weighted by Crippen LogP contribution is 2.17. The van der Waals surface area contributed by atoms with Crippen LogP contribution in [0.4, 0.5) is 10.5 Å². The van der Waals surface area contributed by atoms with E-state index in [1.807, 2.05) is 18.2 Å². The molecule has 2 amide bonds. The number of carbonyl (C=O) groups excluding carboxylic acids is 1. The highest BCUT2D eigenvalue weighted by molar-refractivity contribution is 7.91. The molecule has 0 aliphatic rings. The molecule has 0 spiro atoms. The van der Waals surface area contributed by atoms with Gasteiger partial charge >= 0.3 is 6.03 Å². The van der Waals surface area contributed by atoms with Gasteiger partial charge in [-0.3, -0.25) is 0 Å². The molecule has 0 saturated carbocycles. The van der Waals surface area contributed by atoms with Gasteiger partial charge in [0.05, 0.1) is 17.3 Å². The van der Waals surface area contributed by atoms with E-state index in [-0.39, 0.29) is 23.2 Å². The third kappa shape index (κ3) is 5.80. The highest BCUT2D eigenvalue weighted by atomic mass is 32.2. The highest BCUT2D eigenvalue weighted by Gasteiger charge is 2.13. The molecule has 3 N–H and O–H groups in total. The van der Waals surface area contributed by atoms with Gasteiger partial charge in [0, 0.05) is 12.2 Å². The van der Waals surface area contributed by atoms with Crippen LogP contribution in [0, 0.1) is 0 Å². The average molecular weight is 391 g/mol. The van der Waals surface area contributed by atoms with Crippen LogP contribution in [-0.4, -0.2) is 31.9 Å². The van der Waals surface area contributed by atoms with Gasteiger partial charge in [-0.05, 0) is 53.8 Å². The minimum atomic E-state index is -3.46. The molecule has 0 aliphatic heterocycles. The van der Waals surface area contributed by atoms with Gasteiger partial charge in [0.2, 0.25) is 0 Å². The van der Waals surface area contributed by atoms with Crippen molar-refractivity contribution in [1.29, 1.82) is 0 Å². The number of rotatable bonds is 8. The Hall–Kier alpha value is -2.38.